The minimum Gasteiger partial charge on any atom is -0.156 e. The third-order valence-electron chi connectivity index (χ3n) is 3.06. The summed E-state index contributed by atoms with van der Waals surface area (Å²) in [5.41, 5.74) is 7.23. The van der Waals surface area contributed by atoms with Crippen molar-refractivity contribution >= 4 is 11.3 Å². The smallest absolute Gasteiger partial charge is 0.156 e. The van der Waals surface area contributed by atoms with Crippen molar-refractivity contribution < 1.29 is 4.57 Å². The second kappa shape index (κ2) is 4.75. The molecule has 0 aliphatic carbocycles. The lowest BCUT2D eigenvalue weighted by molar-refractivity contribution is -0.589. The molecule has 3 aromatic rings. The molecule has 2 heteroatoms. The number of rotatable bonds is 2. The van der Waals surface area contributed by atoms with Crippen molar-refractivity contribution in [2.45, 2.75) is 6.92 Å². The third-order valence-corrected chi connectivity index (χ3v) is 3.68. The van der Waals surface area contributed by atoms with Gasteiger partial charge in [-0.1, -0.05) is 53.8 Å². The number of hydrogen-bond acceptors (Lipinski definition) is 1. The molecule has 1 aromatic heterocycles. The Hall–Kier alpha value is -1.93. The van der Waals surface area contributed by atoms with Crippen LogP contribution in [0.3, 0.4) is 0 Å². The Morgan fingerprint density at radius 1 is 0.944 bits per heavy atom. The van der Waals surface area contributed by atoms with Crippen molar-refractivity contribution in [1.29, 1.82) is 0 Å². The van der Waals surface area contributed by atoms with Crippen LogP contribution in [-0.2, 0) is 0 Å². The Morgan fingerprint density at radius 3 is 2.50 bits per heavy atom. The Bertz CT molecular complexity index is 642. The Morgan fingerprint density at radius 2 is 1.78 bits per heavy atom. The minimum atomic E-state index is 1.26. The molecule has 0 amide bonds. The molecule has 1 nitrogen and oxygen atoms in total. The fourth-order valence-corrected chi connectivity index (χ4v) is 2.79. The lowest BCUT2D eigenvalue weighted by Gasteiger charge is -2.06. The van der Waals surface area contributed by atoms with Gasteiger partial charge in [-0.05, 0) is 18.6 Å². The van der Waals surface area contributed by atoms with Crippen LogP contribution in [-0.4, -0.2) is 0 Å². The molecular formula is C16H14NS+. The fraction of sp³-hybridized carbons (Fsp3) is 0.0625. The molecule has 2 aromatic carbocycles. The van der Waals surface area contributed by atoms with Gasteiger partial charge in [-0.15, -0.1) is 0 Å². The molecule has 0 radical (unpaired) electrons. The normalized spacial score (nSPS) is 10.5. The highest BCUT2D eigenvalue weighted by atomic mass is 32.1. The van der Waals surface area contributed by atoms with E-state index in [0.717, 1.165) is 0 Å². The van der Waals surface area contributed by atoms with Crippen LogP contribution >= 0.6 is 11.3 Å². The molecule has 18 heavy (non-hydrogen) atoms. The maximum atomic E-state index is 2.20. The molecule has 0 spiro atoms. The summed E-state index contributed by atoms with van der Waals surface area (Å²) in [4.78, 5) is 0. The van der Waals surface area contributed by atoms with E-state index in [9.17, 15) is 0 Å². The Kier molecular flexibility index (Phi) is 2.95. The maximum Gasteiger partial charge on any atom is 0.230 e. The largest absolute Gasteiger partial charge is 0.230 e. The quantitative estimate of drug-likeness (QED) is 0.607. The molecule has 3 rings (SSSR count). The summed E-state index contributed by atoms with van der Waals surface area (Å²) in [7, 11) is 0. The predicted molar refractivity (Wildman–Crippen MR) is 76.0 cm³/mol. The van der Waals surface area contributed by atoms with E-state index in [1.807, 2.05) is 0 Å². The first-order valence-corrected chi connectivity index (χ1v) is 6.89. The van der Waals surface area contributed by atoms with Gasteiger partial charge < -0.3 is 0 Å². The molecule has 88 valence electrons. The average molecular weight is 252 g/mol. The van der Waals surface area contributed by atoms with Crippen LogP contribution in [0.4, 0.5) is 0 Å². The lowest BCUT2D eigenvalue weighted by Crippen LogP contribution is -2.28. The van der Waals surface area contributed by atoms with Gasteiger partial charge in [0.25, 0.3) is 0 Å². The molecule has 1 heterocycles. The number of aryl methyl sites for hydroxylation is 1. The highest BCUT2D eigenvalue weighted by Crippen LogP contribution is 2.26. The van der Waals surface area contributed by atoms with Gasteiger partial charge in [-0.25, -0.2) is 0 Å². The second-order valence-electron chi connectivity index (χ2n) is 4.27. The number of benzene rings is 2. The average Bonchev–Trinajstić information content (AvgIpc) is 2.93. The zero-order chi connectivity index (χ0) is 12.4. The van der Waals surface area contributed by atoms with E-state index >= 15 is 0 Å². The van der Waals surface area contributed by atoms with Gasteiger partial charge in [0.2, 0.25) is 11.2 Å². The van der Waals surface area contributed by atoms with Crippen molar-refractivity contribution in [2.75, 3.05) is 0 Å². The highest BCUT2D eigenvalue weighted by Gasteiger charge is 2.16. The number of para-hydroxylation sites is 1. The fourth-order valence-electron chi connectivity index (χ4n) is 2.22. The standard InChI is InChI=1S/C16H14NS/c1-13-6-5-9-15(14-7-3-2-4-8-14)16(13)17-10-11-18-12-17/h2-12H,1H3/q+1. The summed E-state index contributed by atoms with van der Waals surface area (Å²) in [6.07, 6.45) is 2.11. The summed E-state index contributed by atoms with van der Waals surface area (Å²) < 4.78 is 2.20. The van der Waals surface area contributed by atoms with Gasteiger partial charge in [0, 0.05) is 5.56 Å². The van der Waals surface area contributed by atoms with E-state index in [0.29, 0.717) is 0 Å². The van der Waals surface area contributed by atoms with Crippen molar-refractivity contribution in [3.05, 3.63) is 71.2 Å². The van der Waals surface area contributed by atoms with Crippen LogP contribution in [0.5, 0.6) is 0 Å². The molecular weight excluding hydrogens is 238 g/mol. The molecule has 0 unspecified atom stereocenters. The van der Waals surface area contributed by atoms with Crippen molar-refractivity contribution in [3.8, 4) is 16.8 Å². The summed E-state index contributed by atoms with van der Waals surface area (Å²) >= 11 is 1.71. The number of hydrogen-bond donors (Lipinski definition) is 0. The minimum absolute atomic E-state index is 1.26. The summed E-state index contributed by atoms with van der Waals surface area (Å²) in [5.74, 6) is 0. The van der Waals surface area contributed by atoms with Gasteiger partial charge in [0.05, 0.1) is 10.9 Å². The van der Waals surface area contributed by atoms with E-state index in [-0.39, 0.29) is 0 Å². The van der Waals surface area contributed by atoms with Gasteiger partial charge in [0.15, 0.2) is 6.20 Å². The maximum absolute atomic E-state index is 2.20. The van der Waals surface area contributed by atoms with Crippen molar-refractivity contribution in [1.82, 2.24) is 0 Å². The summed E-state index contributed by atoms with van der Waals surface area (Å²) in [6.45, 7) is 2.16. The first-order chi connectivity index (χ1) is 8.86. The number of thiazole rings is 1. The van der Waals surface area contributed by atoms with E-state index in [1.54, 1.807) is 11.3 Å². The molecule has 0 saturated carbocycles. The molecule has 0 aliphatic heterocycles. The van der Waals surface area contributed by atoms with Gasteiger partial charge in [-0.2, -0.15) is 4.57 Å². The molecule has 0 atom stereocenters. The zero-order valence-electron chi connectivity index (χ0n) is 10.2. The third kappa shape index (κ3) is 1.95. The summed E-state index contributed by atoms with van der Waals surface area (Å²) in [5, 5.41) is 2.10. The molecule has 0 aliphatic rings. The first-order valence-electron chi connectivity index (χ1n) is 5.95. The molecule has 0 saturated heterocycles. The summed E-state index contributed by atoms with van der Waals surface area (Å²) in [6, 6.07) is 17.0. The number of nitrogens with zero attached hydrogens (tertiary/aromatic N) is 1. The van der Waals surface area contributed by atoms with Crippen molar-refractivity contribution in [3.63, 3.8) is 0 Å². The van der Waals surface area contributed by atoms with E-state index in [1.165, 1.54) is 22.4 Å². The first kappa shape index (κ1) is 11.2. The lowest BCUT2D eigenvalue weighted by atomic mass is 10.0. The van der Waals surface area contributed by atoms with Crippen LogP contribution in [0.1, 0.15) is 5.56 Å². The molecule has 0 fully saturated rings. The van der Waals surface area contributed by atoms with Crippen LogP contribution < -0.4 is 4.57 Å². The predicted octanol–water partition coefficient (Wildman–Crippen LogP) is 4.00. The number of aromatic nitrogens is 1. The molecule has 0 bridgehead atoms. The monoisotopic (exact) mass is 252 g/mol. The zero-order valence-corrected chi connectivity index (χ0v) is 11.0. The SMILES string of the molecule is Cc1cccc(-c2ccccc2)c1-[n+]1ccsc1. The van der Waals surface area contributed by atoms with Crippen LogP contribution in [0.15, 0.2) is 65.6 Å². The van der Waals surface area contributed by atoms with Gasteiger partial charge >= 0.3 is 0 Å². The van der Waals surface area contributed by atoms with Gasteiger partial charge in [-0.3, -0.25) is 0 Å². The van der Waals surface area contributed by atoms with E-state index in [4.69, 9.17) is 0 Å². The van der Waals surface area contributed by atoms with Crippen LogP contribution in [0, 0.1) is 6.92 Å². The van der Waals surface area contributed by atoms with E-state index < -0.39 is 0 Å². The van der Waals surface area contributed by atoms with Gasteiger partial charge in [0.1, 0.15) is 0 Å². The van der Waals surface area contributed by atoms with Crippen LogP contribution in [0.2, 0.25) is 0 Å². The van der Waals surface area contributed by atoms with Crippen molar-refractivity contribution in [2.24, 2.45) is 0 Å². The molecule has 0 N–H and O–H groups in total. The Balaban J connectivity index is 2.25. The van der Waals surface area contributed by atoms with Crippen LogP contribution in [0.25, 0.3) is 16.8 Å². The second-order valence-corrected chi connectivity index (χ2v) is 5.03. The highest BCUT2D eigenvalue weighted by molar-refractivity contribution is 7.07. The van der Waals surface area contributed by atoms with E-state index in [2.05, 4.69) is 77.1 Å². The topological polar surface area (TPSA) is 3.88 Å². The Labute approximate surface area is 111 Å².